The molecule has 0 bridgehead atoms. The number of carbonyl (C=O) groups is 1. The second-order valence-electron chi connectivity index (χ2n) is 5.88. The van der Waals surface area contributed by atoms with Gasteiger partial charge in [0.2, 0.25) is 5.91 Å². The number of fused-ring (bicyclic) bond motifs is 1. The number of primary amides is 1. The van der Waals surface area contributed by atoms with Gasteiger partial charge >= 0.3 is 0 Å². The normalized spacial score (nSPS) is 10.7. The van der Waals surface area contributed by atoms with E-state index in [0.29, 0.717) is 5.56 Å². The number of benzene rings is 3. The fourth-order valence-electron chi connectivity index (χ4n) is 2.99. The van der Waals surface area contributed by atoms with E-state index in [9.17, 15) is 4.79 Å². The van der Waals surface area contributed by atoms with Crippen LogP contribution in [0.3, 0.4) is 0 Å². The van der Waals surface area contributed by atoms with Gasteiger partial charge < -0.3 is 5.73 Å². The van der Waals surface area contributed by atoms with Crippen LogP contribution in [0.15, 0.2) is 84.9 Å². The Hall–Kier alpha value is -3.46. The fourth-order valence-corrected chi connectivity index (χ4v) is 2.99. The van der Waals surface area contributed by atoms with Crippen LogP contribution in [-0.2, 0) is 0 Å². The van der Waals surface area contributed by atoms with Crippen molar-refractivity contribution in [3.8, 4) is 22.4 Å². The molecule has 4 rings (SSSR count). The summed E-state index contributed by atoms with van der Waals surface area (Å²) in [6.07, 6.45) is 0. The van der Waals surface area contributed by atoms with Gasteiger partial charge in [0.1, 0.15) is 0 Å². The number of para-hydroxylation sites is 1. The molecule has 0 radical (unpaired) electrons. The van der Waals surface area contributed by atoms with Crippen molar-refractivity contribution in [3.05, 3.63) is 90.5 Å². The van der Waals surface area contributed by atoms with Crippen molar-refractivity contribution < 1.29 is 4.79 Å². The highest BCUT2D eigenvalue weighted by Crippen LogP contribution is 2.27. The lowest BCUT2D eigenvalue weighted by molar-refractivity contribution is 0.100. The molecule has 1 amide bonds. The van der Waals surface area contributed by atoms with Crippen molar-refractivity contribution >= 4 is 16.8 Å². The molecule has 2 N–H and O–H groups in total. The van der Waals surface area contributed by atoms with Crippen molar-refractivity contribution in [3.63, 3.8) is 0 Å². The molecule has 4 aromatic rings. The summed E-state index contributed by atoms with van der Waals surface area (Å²) in [5.41, 5.74) is 10.8. The standard InChI is InChI=1S/C22H16N2O/c23-22(25)19-14-21(24-20-9-5-4-8-18(19)20)17-12-10-16(11-13-17)15-6-2-1-3-7-15/h1-14H,(H2,23,25). The van der Waals surface area contributed by atoms with Crippen molar-refractivity contribution in [2.45, 2.75) is 0 Å². The SMILES string of the molecule is NC(=O)c1cc(-c2ccc(-c3ccccc3)cc2)nc2ccccc12. The largest absolute Gasteiger partial charge is 0.366 e. The van der Waals surface area contributed by atoms with Crippen LogP contribution in [0.1, 0.15) is 10.4 Å². The van der Waals surface area contributed by atoms with Crippen LogP contribution in [0, 0.1) is 0 Å². The summed E-state index contributed by atoms with van der Waals surface area (Å²) < 4.78 is 0. The molecular formula is C22H16N2O. The first-order valence-corrected chi connectivity index (χ1v) is 8.08. The number of rotatable bonds is 3. The van der Waals surface area contributed by atoms with Gasteiger partial charge in [-0.05, 0) is 23.3 Å². The fraction of sp³-hybridized carbons (Fsp3) is 0. The van der Waals surface area contributed by atoms with Crippen LogP contribution in [0.4, 0.5) is 0 Å². The molecule has 3 heteroatoms. The predicted octanol–water partition coefficient (Wildman–Crippen LogP) is 4.67. The maximum absolute atomic E-state index is 11.8. The van der Waals surface area contributed by atoms with Crippen molar-refractivity contribution in [1.29, 1.82) is 0 Å². The Kier molecular flexibility index (Phi) is 3.75. The lowest BCUT2D eigenvalue weighted by atomic mass is 10.0. The van der Waals surface area contributed by atoms with E-state index in [-0.39, 0.29) is 0 Å². The monoisotopic (exact) mass is 324 g/mol. The van der Waals surface area contributed by atoms with E-state index in [1.165, 1.54) is 5.56 Å². The van der Waals surface area contributed by atoms with Gasteiger partial charge in [0, 0.05) is 10.9 Å². The summed E-state index contributed by atoms with van der Waals surface area (Å²) in [4.78, 5) is 16.5. The molecule has 0 spiro atoms. The molecule has 0 aliphatic heterocycles. The van der Waals surface area contributed by atoms with Crippen LogP contribution in [-0.4, -0.2) is 10.9 Å². The topological polar surface area (TPSA) is 56.0 Å². The van der Waals surface area contributed by atoms with Crippen LogP contribution >= 0.6 is 0 Å². The third-order valence-electron chi connectivity index (χ3n) is 4.27. The Labute approximate surface area is 145 Å². The number of nitrogens with two attached hydrogens (primary N) is 1. The number of aromatic nitrogens is 1. The molecular weight excluding hydrogens is 308 g/mol. The molecule has 0 aliphatic carbocycles. The summed E-state index contributed by atoms with van der Waals surface area (Å²) in [6, 6.07) is 27.7. The van der Waals surface area contributed by atoms with Crippen molar-refractivity contribution in [2.24, 2.45) is 5.73 Å². The molecule has 25 heavy (non-hydrogen) atoms. The van der Waals surface area contributed by atoms with E-state index in [1.54, 1.807) is 6.07 Å². The number of carbonyl (C=O) groups excluding carboxylic acids is 1. The van der Waals surface area contributed by atoms with E-state index in [0.717, 1.165) is 27.7 Å². The van der Waals surface area contributed by atoms with Crippen LogP contribution in [0.2, 0.25) is 0 Å². The Balaban J connectivity index is 1.81. The van der Waals surface area contributed by atoms with E-state index < -0.39 is 5.91 Å². The highest BCUT2D eigenvalue weighted by atomic mass is 16.1. The Morgan fingerprint density at radius 3 is 2.04 bits per heavy atom. The van der Waals surface area contributed by atoms with Crippen LogP contribution in [0.5, 0.6) is 0 Å². The number of nitrogens with zero attached hydrogens (tertiary/aromatic N) is 1. The lowest BCUT2D eigenvalue weighted by Crippen LogP contribution is -2.12. The Morgan fingerprint density at radius 1 is 0.720 bits per heavy atom. The van der Waals surface area contributed by atoms with Gasteiger partial charge in [-0.25, -0.2) is 4.98 Å². The van der Waals surface area contributed by atoms with Crippen LogP contribution in [0.25, 0.3) is 33.3 Å². The first-order chi connectivity index (χ1) is 12.2. The maximum Gasteiger partial charge on any atom is 0.249 e. The second-order valence-corrected chi connectivity index (χ2v) is 5.88. The quantitative estimate of drug-likeness (QED) is 0.595. The molecule has 3 aromatic carbocycles. The third kappa shape index (κ3) is 2.88. The first-order valence-electron chi connectivity index (χ1n) is 8.08. The van der Waals surface area contributed by atoms with Gasteiger partial charge in [0.05, 0.1) is 16.8 Å². The van der Waals surface area contributed by atoms with E-state index in [2.05, 4.69) is 29.2 Å². The zero-order chi connectivity index (χ0) is 17.2. The number of amides is 1. The zero-order valence-corrected chi connectivity index (χ0v) is 13.5. The molecule has 3 nitrogen and oxygen atoms in total. The molecule has 0 saturated heterocycles. The highest BCUT2D eigenvalue weighted by molar-refractivity contribution is 6.06. The number of hydrogen-bond acceptors (Lipinski definition) is 2. The lowest BCUT2D eigenvalue weighted by Gasteiger charge is -2.08. The summed E-state index contributed by atoms with van der Waals surface area (Å²) in [6.45, 7) is 0. The average molecular weight is 324 g/mol. The molecule has 0 saturated carbocycles. The van der Waals surface area contributed by atoms with Gasteiger partial charge in [-0.2, -0.15) is 0 Å². The summed E-state index contributed by atoms with van der Waals surface area (Å²) in [5.74, 6) is -0.444. The molecule has 0 aliphatic rings. The smallest absolute Gasteiger partial charge is 0.249 e. The first kappa shape index (κ1) is 15.1. The molecule has 1 aromatic heterocycles. The van der Waals surface area contributed by atoms with E-state index in [4.69, 9.17) is 5.73 Å². The van der Waals surface area contributed by atoms with Crippen LogP contribution < -0.4 is 5.73 Å². The zero-order valence-electron chi connectivity index (χ0n) is 13.5. The highest BCUT2D eigenvalue weighted by Gasteiger charge is 2.11. The second kappa shape index (κ2) is 6.21. The summed E-state index contributed by atoms with van der Waals surface area (Å²) >= 11 is 0. The molecule has 1 heterocycles. The van der Waals surface area contributed by atoms with Gasteiger partial charge in [-0.15, -0.1) is 0 Å². The van der Waals surface area contributed by atoms with Gasteiger partial charge in [-0.1, -0.05) is 72.8 Å². The third-order valence-corrected chi connectivity index (χ3v) is 4.27. The number of pyridine rings is 1. The molecule has 0 atom stereocenters. The predicted molar refractivity (Wildman–Crippen MR) is 101 cm³/mol. The molecule has 120 valence electrons. The van der Waals surface area contributed by atoms with Crippen molar-refractivity contribution in [1.82, 2.24) is 4.98 Å². The minimum absolute atomic E-state index is 0.444. The Morgan fingerprint density at radius 2 is 1.32 bits per heavy atom. The minimum atomic E-state index is -0.444. The van der Waals surface area contributed by atoms with E-state index in [1.807, 2.05) is 54.6 Å². The van der Waals surface area contributed by atoms with Gasteiger partial charge in [0.15, 0.2) is 0 Å². The van der Waals surface area contributed by atoms with Gasteiger partial charge in [-0.3, -0.25) is 4.79 Å². The summed E-state index contributed by atoms with van der Waals surface area (Å²) in [5, 5.41) is 0.777. The van der Waals surface area contributed by atoms with E-state index >= 15 is 0 Å². The molecule has 0 fully saturated rings. The number of hydrogen-bond donors (Lipinski definition) is 1. The molecule has 0 unspecified atom stereocenters. The van der Waals surface area contributed by atoms with Gasteiger partial charge in [0.25, 0.3) is 0 Å². The summed E-state index contributed by atoms with van der Waals surface area (Å²) in [7, 11) is 0. The Bertz CT molecular complexity index is 1050. The van der Waals surface area contributed by atoms with Crippen molar-refractivity contribution in [2.75, 3.05) is 0 Å². The minimum Gasteiger partial charge on any atom is -0.366 e. The average Bonchev–Trinajstić information content (AvgIpc) is 2.68. The maximum atomic E-state index is 11.8.